The van der Waals surface area contributed by atoms with Gasteiger partial charge < -0.3 is 9.79 Å². The predicted molar refractivity (Wildman–Crippen MR) is 102 cm³/mol. The van der Waals surface area contributed by atoms with Gasteiger partial charge in [-0.1, -0.05) is 91.9 Å². The molecule has 0 aliphatic heterocycles. The van der Waals surface area contributed by atoms with Gasteiger partial charge in [-0.05, 0) is 28.7 Å². The second-order valence-electron chi connectivity index (χ2n) is 6.05. The van der Waals surface area contributed by atoms with Gasteiger partial charge in [-0.15, -0.1) is 0 Å². The molecule has 2 N–H and O–H groups in total. The van der Waals surface area contributed by atoms with E-state index in [0.717, 1.165) is 12.0 Å². The van der Waals surface area contributed by atoms with E-state index < -0.39 is 13.4 Å². The third-order valence-electron chi connectivity index (χ3n) is 4.39. The first-order valence-corrected chi connectivity index (χ1v) is 9.95. The van der Waals surface area contributed by atoms with Gasteiger partial charge in [0.1, 0.15) is 0 Å². The van der Waals surface area contributed by atoms with Crippen LogP contribution >= 0.6 is 7.82 Å². The topological polar surface area (TPSA) is 66.8 Å². The van der Waals surface area contributed by atoms with E-state index >= 15 is 0 Å². The summed E-state index contributed by atoms with van der Waals surface area (Å²) in [4.78, 5) is 19.5. The molecule has 0 radical (unpaired) electrons. The van der Waals surface area contributed by atoms with Gasteiger partial charge in [-0.25, -0.2) is 4.57 Å². The van der Waals surface area contributed by atoms with Crippen LogP contribution in [0.3, 0.4) is 0 Å². The molecule has 0 atom stereocenters. The Morgan fingerprint density at radius 2 is 1.19 bits per heavy atom. The van der Waals surface area contributed by atoms with Crippen molar-refractivity contribution in [1.82, 2.24) is 0 Å². The molecule has 0 aromatic heterocycles. The average Bonchev–Trinajstić information content (AvgIpc) is 2.67. The smallest absolute Gasteiger partial charge is 0.303 e. The van der Waals surface area contributed by atoms with Gasteiger partial charge >= 0.3 is 7.82 Å². The SMILES string of the molecule is CCc1ccc(C(OP(=O)(O)O)(c2ccccc2)c2ccccc2)cc1. The number of aryl methyl sites for hydroxylation is 1. The average molecular weight is 368 g/mol. The Bertz CT molecular complexity index is 847. The Balaban J connectivity index is 2.32. The maximum atomic E-state index is 12.0. The van der Waals surface area contributed by atoms with E-state index in [0.29, 0.717) is 16.7 Å². The van der Waals surface area contributed by atoms with E-state index in [-0.39, 0.29) is 0 Å². The van der Waals surface area contributed by atoms with Crippen molar-refractivity contribution in [1.29, 1.82) is 0 Å². The van der Waals surface area contributed by atoms with E-state index in [2.05, 4.69) is 6.92 Å². The van der Waals surface area contributed by atoms with Gasteiger partial charge in [-0.2, -0.15) is 0 Å². The fourth-order valence-electron chi connectivity index (χ4n) is 3.16. The molecule has 0 spiro atoms. The third-order valence-corrected chi connectivity index (χ3v) is 4.90. The van der Waals surface area contributed by atoms with Gasteiger partial charge in [0.25, 0.3) is 0 Å². The number of rotatable bonds is 6. The molecule has 0 heterocycles. The van der Waals surface area contributed by atoms with Crippen LogP contribution in [0, 0.1) is 0 Å². The summed E-state index contributed by atoms with van der Waals surface area (Å²) in [5.41, 5.74) is 1.70. The lowest BCUT2D eigenvalue weighted by Gasteiger charge is -2.35. The standard InChI is InChI=1S/C21H21O4P/c1-2-17-13-15-20(16-14-17)21(25-26(22,23)24,18-9-5-3-6-10-18)19-11-7-4-8-12-19/h3-16H,2H2,1H3,(H2,22,23,24). The molecule has 134 valence electrons. The monoisotopic (exact) mass is 368 g/mol. The van der Waals surface area contributed by atoms with Crippen LogP contribution in [0.15, 0.2) is 84.9 Å². The highest BCUT2D eigenvalue weighted by Gasteiger charge is 2.43. The fraction of sp³-hybridized carbons (Fsp3) is 0.143. The molecular formula is C21H21O4P. The minimum absolute atomic E-state index is 0.652. The molecule has 0 amide bonds. The normalized spacial score (nSPS) is 12.1. The highest BCUT2D eigenvalue weighted by molar-refractivity contribution is 7.46. The van der Waals surface area contributed by atoms with E-state index in [1.807, 2.05) is 84.9 Å². The minimum atomic E-state index is -4.80. The van der Waals surface area contributed by atoms with Crippen molar-refractivity contribution in [2.24, 2.45) is 0 Å². The molecule has 0 saturated carbocycles. The van der Waals surface area contributed by atoms with Crippen molar-refractivity contribution in [2.45, 2.75) is 18.9 Å². The lowest BCUT2D eigenvalue weighted by Crippen LogP contribution is -2.32. The van der Waals surface area contributed by atoms with E-state index in [1.54, 1.807) is 0 Å². The Hall–Kier alpha value is -2.23. The number of hydrogen-bond donors (Lipinski definition) is 2. The summed E-state index contributed by atoms with van der Waals surface area (Å²) >= 11 is 0. The first-order chi connectivity index (χ1) is 12.5. The maximum absolute atomic E-state index is 12.0. The van der Waals surface area contributed by atoms with Crippen molar-refractivity contribution < 1.29 is 18.9 Å². The molecular weight excluding hydrogens is 347 g/mol. The molecule has 0 unspecified atom stereocenters. The molecule has 26 heavy (non-hydrogen) atoms. The number of phosphoric ester groups is 1. The van der Waals surface area contributed by atoms with Crippen molar-refractivity contribution in [3.8, 4) is 0 Å². The zero-order chi connectivity index (χ0) is 18.6. The molecule has 3 aromatic carbocycles. The summed E-state index contributed by atoms with van der Waals surface area (Å²) in [6.07, 6.45) is 0.878. The molecule has 0 bridgehead atoms. The zero-order valence-electron chi connectivity index (χ0n) is 14.4. The fourth-order valence-corrected chi connectivity index (χ4v) is 3.83. The quantitative estimate of drug-likeness (QED) is 0.491. The van der Waals surface area contributed by atoms with Crippen LogP contribution in [-0.2, 0) is 21.1 Å². The van der Waals surface area contributed by atoms with Crippen LogP contribution < -0.4 is 0 Å². The lowest BCUT2D eigenvalue weighted by molar-refractivity contribution is 0.0975. The van der Waals surface area contributed by atoms with Gasteiger partial charge in [0.05, 0.1) is 0 Å². The van der Waals surface area contributed by atoms with Crippen LogP contribution in [0.2, 0.25) is 0 Å². The summed E-state index contributed by atoms with van der Waals surface area (Å²) in [5.74, 6) is 0. The zero-order valence-corrected chi connectivity index (χ0v) is 15.3. The molecule has 3 aromatic rings. The van der Waals surface area contributed by atoms with Crippen LogP contribution in [-0.4, -0.2) is 9.79 Å². The summed E-state index contributed by atoms with van der Waals surface area (Å²) in [6.45, 7) is 2.06. The first-order valence-electron chi connectivity index (χ1n) is 8.42. The predicted octanol–water partition coefficient (Wildman–Crippen LogP) is 4.65. The number of phosphoric acid groups is 1. The van der Waals surface area contributed by atoms with E-state index in [4.69, 9.17) is 4.52 Å². The molecule has 3 rings (SSSR count). The first kappa shape index (κ1) is 18.6. The van der Waals surface area contributed by atoms with Crippen molar-refractivity contribution >= 4 is 7.82 Å². The van der Waals surface area contributed by atoms with Crippen LogP contribution in [0.1, 0.15) is 29.2 Å². The summed E-state index contributed by atoms with van der Waals surface area (Å²) in [6, 6.07) is 26.0. The Morgan fingerprint density at radius 3 is 1.58 bits per heavy atom. The van der Waals surface area contributed by atoms with E-state index in [1.165, 1.54) is 0 Å². The van der Waals surface area contributed by atoms with Crippen LogP contribution in [0.4, 0.5) is 0 Å². The molecule has 4 nitrogen and oxygen atoms in total. The molecule has 0 aliphatic rings. The third kappa shape index (κ3) is 3.79. The highest BCUT2D eigenvalue weighted by atomic mass is 31.2. The molecule has 5 heteroatoms. The maximum Gasteiger partial charge on any atom is 0.471 e. The van der Waals surface area contributed by atoms with Gasteiger partial charge in [-0.3, -0.25) is 4.52 Å². The van der Waals surface area contributed by atoms with Crippen molar-refractivity contribution in [3.05, 3.63) is 107 Å². The van der Waals surface area contributed by atoms with Gasteiger partial charge in [0.2, 0.25) is 0 Å². The van der Waals surface area contributed by atoms with Gasteiger partial charge in [0, 0.05) is 0 Å². The Morgan fingerprint density at radius 1 is 0.769 bits per heavy atom. The highest BCUT2D eigenvalue weighted by Crippen LogP contribution is 2.52. The summed E-state index contributed by atoms with van der Waals surface area (Å²) < 4.78 is 17.5. The van der Waals surface area contributed by atoms with E-state index in [9.17, 15) is 14.4 Å². The molecule has 0 saturated heterocycles. The minimum Gasteiger partial charge on any atom is -0.303 e. The second-order valence-corrected chi connectivity index (χ2v) is 7.21. The Kier molecular flexibility index (Phi) is 5.40. The van der Waals surface area contributed by atoms with Crippen LogP contribution in [0.25, 0.3) is 0 Å². The van der Waals surface area contributed by atoms with Crippen LogP contribution in [0.5, 0.6) is 0 Å². The largest absolute Gasteiger partial charge is 0.471 e. The Labute approximate surface area is 153 Å². The second kappa shape index (κ2) is 7.56. The van der Waals surface area contributed by atoms with Crippen molar-refractivity contribution in [3.63, 3.8) is 0 Å². The summed E-state index contributed by atoms with van der Waals surface area (Å²) in [5, 5.41) is 0. The lowest BCUT2D eigenvalue weighted by atomic mass is 9.80. The van der Waals surface area contributed by atoms with Gasteiger partial charge in [0.15, 0.2) is 5.60 Å². The molecule has 0 aliphatic carbocycles. The summed E-state index contributed by atoms with van der Waals surface area (Å²) in [7, 11) is -4.80. The van der Waals surface area contributed by atoms with Crippen molar-refractivity contribution in [2.75, 3.05) is 0 Å². The molecule has 0 fully saturated rings. The number of benzene rings is 3. The number of hydrogen-bond acceptors (Lipinski definition) is 2.